The third kappa shape index (κ3) is 4.53. The molecule has 0 amide bonds. The van der Waals surface area contributed by atoms with Crippen LogP contribution in [-0.4, -0.2) is 65.9 Å². The Hall–Kier alpha value is -0.460. The van der Waals surface area contributed by atoms with Crippen LogP contribution in [0.5, 0.6) is 0 Å². The summed E-state index contributed by atoms with van der Waals surface area (Å²) in [6.07, 6.45) is 0.337. The fraction of sp³-hybridized carbons (Fsp3) is 0.600. The van der Waals surface area contributed by atoms with Gasteiger partial charge in [0.25, 0.3) is 0 Å². The second-order valence-electron chi connectivity index (χ2n) is 5.23. The predicted octanol–water partition coefficient (Wildman–Crippen LogP) is 1.48. The normalized spacial score (nSPS) is 19.1. The lowest BCUT2D eigenvalue weighted by Gasteiger charge is -2.34. The van der Waals surface area contributed by atoms with E-state index in [1.165, 1.54) is 0 Å². The Labute approximate surface area is 129 Å². The zero-order valence-electron chi connectivity index (χ0n) is 11.7. The highest BCUT2D eigenvalue weighted by Gasteiger charge is 2.18. The fourth-order valence-electron chi connectivity index (χ4n) is 2.58. The van der Waals surface area contributed by atoms with Gasteiger partial charge in [0.05, 0.1) is 12.7 Å². The van der Waals surface area contributed by atoms with E-state index in [1.54, 1.807) is 0 Å². The molecule has 5 heteroatoms. The van der Waals surface area contributed by atoms with Crippen LogP contribution in [0.2, 0.25) is 0 Å². The maximum Gasteiger partial charge on any atom is 0.0813 e. The molecule has 1 aromatic rings. The van der Waals surface area contributed by atoms with Gasteiger partial charge in [-0.25, -0.2) is 0 Å². The summed E-state index contributed by atoms with van der Waals surface area (Å²) in [5.74, 6) is 0. The van der Waals surface area contributed by atoms with Crippen molar-refractivity contribution in [3.05, 3.63) is 34.3 Å². The van der Waals surface area contributed by atoms with Crippen LogP contribution in [-0.2, 0) is 0 Å². The van der Waals surface area contributed by atoms with Gasteiger partial charge in [-0.05, 0) is 18.1 Å². The number of hydrogen-bond acceptors (Lipinski definition) is 4. The highest BCUT2D eigenvalue weighted by molar-refractivity contribution is 9.10. The summed E-state index contributed by atoms with van der Waals surface area (Å²) in [7, 11) is 0. The maximum absolute atomic E-state index is 10.3. The zero-order valence-corrected chi connectivity index (χ0v) is 13.3. The first-order valence-electron chi connectivity index (χ1n) is 7.19. The summed E-state index contributed by atoms with van der Waals surface area (Å²) in [4.78, 5) is 4.66. The third-order valence-corrected chi connectivity index (χ3v) is 4.59. The first-order valence-corrected chi connectivity index (χ1v) is 7.98. The summed E-state index contributed by atoms with van der Waals surface area (Å²) >= 11 is 3.48. The van der Waals surface area contributed by atoms with Crippen LogP contribution in [0.25, 0.3) is 0 Å². The van der Waals surface area contributed by atoms with Crippen molar-refractivity contribution in [1.29, 1.82) is 0 Å². The van der Waals surface area contributed by atoms with Crippen molar-refractivity contribution in [3.63, 3.8) is 0 Å². The van der Waals surface area contributed by atoms with Crippen LogP contribution < -0.4 is 0 Å². The molecule has 0 aliphatic carbocycles. The summed E-state index contributed by atoms with van der Waals surface area (Å²) < 4.78 is 0.972. The molecular formula is C15H23BrN2O2. The Morgan fingerprint density at radius 3 is 2.25 bits per heavy atom. The van der Waals surface area contributed by atoms with Gasteiger partial charge in [0.15, 0.2) is 0 Å². The van der Waals surface area contributed by atoms with Gasteiger partial charge < -0.3 is 15.1 Å². The van der Waals surface area contributed by atoms with Crippen molar-refractivity contribution in [3.8, 4) is 0 Å². The lowest BCUT2D eigenvalue weighted by molar-refractivity contribution is 0.0922. The van der Waals surface area contributed by atoms with Crippen molar-refractivity contribution in [2.45, 2.75) is 12.5 Å². The molecule has 1 unspecified atom stereocenters. The molecule has 2 rings (SSSR count). The van der Waals surface area contributed by atoms with Crippen LogP contribution in [0.4, 0.5) is 0 Å². The molecule has 4 nitrogen and oxygen atoms in total. The molecule has 1 saturated heterocycles. The fourth-order valence-corrected chi connectivity index (χ4v) is 3.13. The average Bonchev–Trinajstić information content (AvgIpc) is 2.47. The first kappa shape index (κ1) is 15.9. The number of rotatable bonds is 6. The Bertz CT molecular complexity index is 409. The number of piperazine rings is 1. The average molecular weight is 343 g/mol. The Morgan fingerprint density at radius 2 is 1.65 bits per heavy atom. The van der Waals surface area contributed by atoms with E-state index >= 15 is 0 Å². The van der Waals surface area contributed by atoms with E-state index in [-0.39, 0.29) is 6.61 Å². The minimum absolute atomic E-state index is 0.237. The van der Waals surface area contributed by atoms with Crippen molar-refractivity contribution >= 4 is 15.9 Å². The van der Waals surface area contributed by atoms with Crippen LogP contribution in [0.3, 0.4) is 0 Å². The molecule has 0 saturated carbocycles. The zero-order chi connectivity index (χ0) is 14.4. The smallest absolute Gasteiger partial charge is 0.0813 e. The van der Waals surface area contributed by atoms with E-state index in [9.17, 15) is 5.11 Å². The Balaban J connectivity index is 1.75. The van der Waals surface area contributed by atoms with Gasteiger partial charge in [-0.3, -0.25) is 4.90 Å². The Kier molecular flexibility index (Phi) is 6.45. The topological polar surface area (TPSA) is 46.9 Å². The molecule has 1 fully saturated rings. The van der Waals surface area contributed by atoms with Crippen LogP contribution in [0.15, 0.2) is 28.7 Å². The number of halogens is 1. The number of aliphatic hydroxyl groups excluding tert-OH is 2. The molecule has 1 aromatic carbocycles. The van der Waals surface area contributed by atoms with Crippen LogP contribution in [0.1, 0.15) is 18.1 Å². The lowest BCUT2D eigenvalue weighted by Crippen LogP contribution is -2.47. The van der Waals surface area contributed by atoms with Gasteiger partial charge >= 0.3 is 0 Å². The van der Waals surface area contributed by atoms with Crippen molar-refractivity contribution in [1.82, 2.24) is 9.80 Å². The second kappa shape index (κ2) is 8.10. The molecule has 1 aliphatic rings. The molecule has 1 heterocycles. The minimum Gasteiger partial charge on any atom is -0.395 e. The van der Waals surface area contributed by atoms with Crippen LogP contribution >= 0.6 is 15.9 Å². The largest absolute Gasteiger partial charge is 0.395 e. The molecule has 0 aromatic heterocycles. The standard InChI is InChI=1S/C15H23BrN2O2/c16-14-4-2-1-3-13(14)15(20)5-6-17-7-9-18(10-8-17)11-12-19/h1-4,15,19-20H,5-12H2. The second-order valence-corrected chi connectivity index (χ2v) is 6.09. The van der Waals surface area contributed by atoms with Gasteiger partial charge in [0, 0.05) is 43.7 Å². The van der Waals surface area contributed by atoms with E-state index in [4.69, 9.17) is 5.11 Å². The molecule has 112 valence electrons. The highest BCUT2D eigenvalue weighted by Crippen LogP contribution is 2.25. The van der Waals surface area contributed by atoms with Gasteiger partial charge in [0.1, 0.15) is 0 Å². The SMILES string of the molecule is OCCN1CCN(CCC(O)c2ccccc2Br)CC1. The first-order chi connectivity index (χ1) is 9.70. The maximum atomic E-state index is 10.3. The molecule has 20 heavy (non-hydrogen) atoms. The minimum atomic E-state index is -0.416. The number of hydrogen-bond donors (Lipinski definition) is 2. The molecular weight excluding hydrogens is 320 g/mol. The van der Waals surface area contributed by atoms with E-state index in [0.717, 1.165) is 55.7 Å². The van der Waals surface area contributed by atoms with Crippen LogP contribution in [0, 0.1) is 0 Å². The summed E-state index contributed by atoms with van der Waals surface area (Å²) in [6.45, 7) is 5.96. The van der Waals surface area contributed by atoms with Gasteiger partial charge in [0.2, 0.25) is 0 Å². The van der Waals surface area contributed by atoms with Crippen molar-refractivity contribution < 1.29 is 10.2 Å². The van der Waals surface area contributed by atoms with Gasteiger partial charge in [-0.2, -0.15) is 0 Å². The van der Waals surface area contributed by atoms with E-state index in [2.05, 4.69) is 25.7 Å². The monoisotopic (exact) mass is 342 g/mol. The molecule has 2 N–H and O–H groups in total. The van der Waals surface area contributed by atoms with Gasteiger partial charge in [-0.15, -0.1) is 0 Å². The number of aliphatic hydroxyl groups is 2. The van der Waals surface area contributed by atoms with E-state index in [1.807, 2.05) is 24.3 Å². The summed E-state index contributed by atoms with van der Waals surface area (Å²) in [5.41, 5.74) is 0.964. The molecule has 1 atom stereocenters. The summed E-state index contributed by atoms with van der Waals surface area (Å²) in [5, 5.41) is 19.2. The highest BCUT2D eigenvalue weighted by atomic mass is 79.9. The van der Waals surface area contributed by atoms with Crippen molar-refractivity contribution in [2.75, 3.05) is 45.9 Å². The molecule has 0 spiro atoms. The molecule has 1 aliphatic heterocycles. The summed E-state index contributed by atoms with van der Waals surface area (Å²) in [6, 6.07) is 7.85. The lowest BCUT2D eigenvalue weighted by atomic mass is 10.1. The third-order valence-electron chi connectivity index (χ3n) is 3.86. The van der Waals surface area contributed by atoms with E-state index in [0.29, 0.717) is 0 Å². The van der Waals surface area contributed by atoms with Gasteiger partial charge in [-0.1, -0.05) is 34.1 Å². The number of benzene rings is 1. The number of β-amino-alcohol motifs (C(OH)–C–C–N with tert-alkyl or cyclic N) is 1. The molecule has 0 radical (unpaired) electrons. The number of nitrogens with zero attached hydrogens (tertiary/aromatic N) is 2. The predicted molar refractivity (Wildman–Crippen MR) is 83.7 cm³/mol. The van der Waals surface area contributed by atoms with E-state index < -0.39 is 6.10 Å². The Morgan fingerprint density at radius 1 is 1.05 bits per heavy atom. The quantitative estimate of drug-likeness (QED) is 0.822. The molecule has 0 bridgehead atoms. The van der Waals surface area contributed by atoms with Crippen molar-refractivity contribution in [2.24, 2.45) is 0 Å².